The van der Waals surface area contributed by atoms with E-state index in [1.165, 1.54) is 12.1 Å². The Morgan fingerprint density at radius 2 is 1.27 bits per heavy atom. The molecule has 0 amide bonds. The molecule has 0 unspecified atom stereocenters. The van der Waals surface area contributed by atoms with Gasteiger partial charge in [0.25, 0.3) is 0 Å². The fraction of sp³-hybridized carbons (Fsp3) is 0.176. The highest BCUT2D eigenvalue weighted by Crippen LogP contribution is 2.26. The van der Waals surface area contributed by atoms with Crippen LogP contribution < -0.4 is 0 Å². The van der Waals surface area contributed by atoms with Gasteiger partial charge in [-0.25, -0.2) is 8.42 Å². The highest BCUT2D eigenvalue weighted by molar-refractivity contribution is 7.90. The Labute approximate surface area is 130 Å². The zero-order chi connectivity index (χ0) is 16.2. The fourth-order valence-electron chi connectivity index (χ4n) is 2.26. The topological polar surface area (TPSA) is 74.6 Å². The maximum atomic E-state index is 11.5. The lowest BCUT2D eigenvalue weighted by molar-refractivity contribution is 0.340. The number of aliphatic hydroxyl groups excluding tert-OH is 2. The van der Waals surface area contributed by atoms with Crippen LogP contribution in [-0.4, -0.2) is 38.1 Å². The first kappa shape index (κ1) is 16.4. The summed E-state index contributed by atoms with van der Waals surface area (Å²) >= 11 is 0. The van der Waals surface area contributed by atoms with Crippen molar-refractivity contribution < 1.29 is 18.6 Å². The van der Waals surface area contributed by atoms with Crippen molar-refractivity contribution in [2.75, 3.05) is 19.5 Å². The molecule has 0 aliphatic carbocycles. The molecule has 22 heavy (non-hydrogen) atoms. The number of hydrogen-bond donors (Lipinski definition) is 2. The van der Waals surface area contributed by atoms with Gasteiger partial charge in [-0.15, -0.1) is 0 Å². The third kappa shape index (κ3) is 3.62. The number of sulfone groups is 1. The van der Waals surface area contributed by atoms with Crippen LogP contribution in [0.25, 0.3) is 11.1 Å². The van der Waals surface area contributed by atoms with Gasteiger partial charge in [-0.2, -0.15) is 0 Å². The second kappa shape index (κ2) is 6.87. The summed E-state index contributed by atoms with van der Waals surface area (Å²) in [6.07, 6.45) is 1.15. The average molecular weight is 318 g/mol. The maximum absolute atomic E-state index is 11.5. The van der Waals surface area contributed by atoms with Crippen molar-refractivity contribution in [3.05, 3.63) is 65.7 Å². The largest absolute Gasteiger partial charge is 0.392 e. The lowest BCUT2D eigenvalue weighted by Gasteiger charge is -2.13. The Hall–Kier alpha value is -1.95. The summed E-state index contributed by atoms with van der Waals surface area (Å²) < 4.78 is 23.0. The van der Waals surface area contributed by atoms with Crippen LogP contribution >= 0.6 is 0 Å². The molecule has 2 rings (SSSR count). The molecule has 2 aromatic rings. The third-order valence-electron chi connectivity index (χ3n) is 3.43. The first-order valence-corrected chi connectivity index (χ1v) is 8.66. The predicted molar refractivity (Wildman–Crippen MR) is 87.0 cm³/mol. The molecular formula is C17H18O4S. The van der Waals surface area contributed by atoms with E-state index >= 15 is 0 Å². The van der Waals surface area contributed by atoms with E-state index in [4.69, 9.17) is 0 Å². The van der Waals surface area contributed by atoms with Crippen LogP contribution in [0.5, 0.6) is 0 Å². The highest BCUT2D eigenvalue weighted by atomic mass is 32.2. The molecule has 0 heterocycles. The minimum absolute atomic E-state index is 0.215. The number of benzene rings is 2. The van der Waals surface area contributed by atoms with Gasteiger partial charge in [0.1, 0.15) is 0 Å². The van der Waals surface area contributed by atoms with E-state index in [2.05, 4.69) is 0 Å². The first-order chi connectivity index (χ1) is 10.5. The molecule has 0 atom stereocenters. The smallest absolute Gasteiger partial charge is 0.175 e. The van der Waals surface area contributed by atoms with Crippen molar-refractivity contribution in [3.8, 4) is 0 Å². The minimum atomic E-state index is -3.26. The van der Waals surface area contributed by atoms with Crippen LogP contribution in [0.4, 0.5) is 0 Å². The Kier molecular flexibility index (Phi) is 5.13. The Morgan fingerprint density at radius 3 is 1.68 bits per heavy atom. The Bertz CT molecular complexity index is 760. The molecule has 0 bridgehead atoms. The normalized spacial score (nSPS) is 12.9. The zero-order valence-electron chi connectivity index (χ0n) is 12.2. The van der Waals surface area contributed by atoms with Crippen molar-refractivity contribution >= 4 is 21.0 Å². The molecule has 5 heteroatoms. The summed E-state index contributed by atoms with van der Waals surface area (Å²) in [5.74, 6) is 0. The molecule has 0 spiro atoms. The first-order valence-electron chi connectivity index (χ1n) is 6.77. The monoisotopic (exact) mass is 318 g/mol. The molecule has 0 aliphatic heterocycles. The van der Waals surface area contributed by atoms with Gasteiger partial charge < -0.3 is 10.2 Å². The summed E-state index contributed by atoms with van der Waals surface area (Å²) in [5, 5.41) is 19.3. The van der Waals surface area contributed by atoms with Crippen LogP contribution in [0.3, 0.4) is 0 Å². The molecular weight excluding hydrogens is 300 g/mol. The van der Waals surface area contributed by atoms with E-state index in [-0.39, 0.29) is 18.1 Å². The summed E-state index contributed by atoms with van der Waals surface area (Å²) in [5.41, 5.74) is 2.70. The van der Waals surface area contributed by atoms with Crippen molar-refractivity contribution in [1.29, 1.82) is 0 Å². The van der Waals surface area contributed by atoms with Gasteiger partial charge in [0.15, 0.2) is 9.84 Å². The molecule has 0 aliphatic rings. The van der Waals surface area contributed by atoms with E-state index in [1.807, 2.05) is 30.3 Å². The number of aliphatic hydroxyl groups is 2. The van der Waals surface area contributed by atoms with Gasteiger partial charge in [0.2, 0.25) is 0 Å². The third-order valence-corrected chi connectivity index (χ3v) is 4.56. The van der Waals surface area contributed by atoms with Crippen LogP contribution in [0.2, 0.25) is 0 Å². The summed E-state index contributed by atoms with van der Waals surface area (Å²) in [4.78, 5) is 0.221. The molecule has 0 aromatic heterocycles. The van der Waals surface area contributed by atoms with Crippen molar-refractivity contribution in [3.63, 3.8) is 0 Å². The van der Waals surface area contributed by atoms with Crippen LogP contribution in [0.15, 0.2) is 59.5 Å². The molecule has 0 radical (unpaired) electrons. The second-order valence-corrected chi connectivity index (χ2v) is 6.95. The van der Waals surface area contributed by atoms with Crippen molar-refractivity contribution in [1.82, 2.24) is 0 Å². The molecule has 0 saturated heterocycles. The SMILES string of the molecule is CS(=O)(=O)c1ccc(C(CO)=C(CO)c2ccccc2)cc1. The van der Waals surface area contributed by atoms with Gasteiger partial charge in [0, 0.05) is 6.26 Å². The molecule has 4 nitrogen and oxygen atoms in total. The van der Waals surface area contributed by atoms with Gasteiger partial charge in [-0.3, -0.25) is 0 Å². The van der Waals surface area contributed by atoms with E-state index in [1.54, 1.807) is 12.1 Å². The lowest BCUT2D eigenvalue weighted by Crippen LogP contribution is -2.02. The van der Waals surface area contributed by atoms with Crippen molar-refractivity contribution in [2.24, 2.45) is 0 Å². The van der Waals surface area contributed by atoms with E-state index in [9.17, 15) is 18.6 Å². The van der Waals surface area contributed by atoms with Gasteiger partial charge >= 0.3 is 0 Å². The molecule has 0 saturated carbocycles. The molecule has 2 N–H and O–H groups in total. The highest BCUT2D eigenvalue weighted by Gasteiger charge is 2.12. The fourth-order valence-corrected chi connectivity index (χ4v) is 2.90. The van der Waals surface area contributed by atoms with Crippen LogP contribution in [0.1, 0.15) is 11.1 Å². The molecule has 116 valence electrons. The number of hydrogen-bond acceptors (Lipinski definition) is 4. The van der Waals surface area contributed by atoms with E-state index in [0.717, 1.165) is 11.8 Å². The van der Waals surface area contributed by atoms with E-state index < -0.39 is 9.84 Å². The average Bonchev–Trinajstić information content (AvgIpc) is 2.52. The Morgan fingerprint density at radius 1 is 0.818 bits per heavy atom. The summed E-state index contributed by atoms with van der Waals surface area (Å²) in [6.45, 7) is -0.462. The standard InChI is InChI=1S/C17H18O4S/c1-22(20,21)15-9-7-14(8-10-15)17(12-19)16(11-18)13-5-3-2-4-6-13/h2-10,18-19H,11-12H2,1H3. The van der Waals surface area contributed by atoms with Crippen molar-refractivity contribution in [2.45, 2.75) is 4.90 Å². The van der Waals surface area contributed by atoms with Crippen LogP contribution in [-0.2, 0) is 9.84 Å². The predicted octanol–water partition coefficient (Wildman–Crippen LogP) is 1.99. The molecule has 2 aromatic carbocycles. The minimum Gasteiger partial charge on any atom is -0.392 e. The number of rotatable bonds is 5. The summed E-state index contributed by atoms with van der Waals surface area (Å²) in [7, 11) is -3.26. The summed E-state index contributed by atoms with van der Waals surface area (Å²) in [6, 6.07) is 15.6. The maximum Gasteiger partial charge on any atom is 0.175 e. The van der Waals surface area contributed by atoms with Gasteiger partial charge in [0.05, 0.1) is 18.1 Å². The van der Waals surface area contributed by atoms with E-state index in [0.29, 0.717) is 16.7 Å². The van der Waals surface area contributed by atoms with Crippen LogP contribution in [0, 0.1) is 0 Å². The Balaban J connectivity index is 2.53. The quantitative estimate of drug-likeness (QED) is 0.827. The van der Waals surface area contributed by atoms with Gasteiger partial charge in [-0.05, 0) is 34.4 Å². The lowest BCUT2D eigenvalue weighted by atomic mass is 9.95. The second-order valence-electron chi connectivity index (χ2n) is 4.94. The van der Waals surface area contributed by atoms with Gasteiger partial charge in [-0.1, -0.05) is 42.5 Å². The molecule has 0 fully saturated rings. The zero-order valence-corrected chi connectivity index (χ0v) is 13.0.